The predicted molar refractivity (Wildman–Crippen MR) is 127 cm³/mol. The summed E-state index contributed by atoms with van der Waals surface area (Å²) in [6, 6.07) is 29.3. The SMILES string of the molecule is CN1C(=O)c2cccc(-n3c4ccccc4c4c(-c5ccc(C#N)cc5)cccc43)c2C1=O. The van der Waals surface area contributed by atoms with Crippen molar-refractivity contribution in [2.24, 2.45) is 0 Å². The maximum atomic E-state index is 13.0. The highest BCUT2D eigenvalue weighted by atomic mass is 16.2. The zero-order valence-electron chi connectivity index (χ0n) is 17.7. The molecule has 1 aromatic heterocycles. The van der Waals surface area contributed by atoms with Crippen LogP contribution in [0.2, 0.25) is 0 Å². The van der Waals surface area contributed by atoms with Gasteiger partial charge in [0.05, 0.1) is 39.5 Å². The van der Waals surface area contributed by atoms with E-state index in [2.05, 4.69) is 22.8 Å². The highest BCUT2D eigenvalue weighted by Gasteiger charge is 2.35. The molecule has 0 saturated carbocycles. The number of carbonyl (C=O) groups excluding carboxylic acids is 2. The van der Waals surface area contributed by atoms with Crippen LogP contribution in [0.4, 0.5) is 0 Å². The zero-order chi connectivity index (χ0) is 22.7. The summed E-state index contributed by atoms with van der Waals surface area (Å²) in [7, 11) is 1.52. The van der Waals surface area contributed by atoms with Crippen LogP contribution in [0.1, 0.15) is 26.3 Å². The van der Waals surface area contributed by atoms with E-state index in [-0.39, 0.29) is 11.8 Å². The molecule has 0 radical (unpaired) electrons. The van der Waals surface area contributed by atoms with Crippen molar-refractivity contribution in [2.75, 3.05) is 7.05 Å². The van der Waals surface area contributed by atoms with Crippen LogP contribution in [0.15, 0.2) is 84.9 Å². The average Bonchev–Trinajstić information content (AvgIpc) is 3.32. The molecule has 0 fully saturated rings. The minimum absolute atomic E-state index is 0.282. The van der Waals surface area contributed by atoms with Gasteiger partial charge in [0.1, 0.15) is 0 Å². The van der Waals surface area contributed by atoms with Crippen molar-refractivity contribution in [3.8, 4) is 22.9 Å². The summed E-state index contributed by atoms with van der Waals surface area (Å²) in [4.78, 5) is 26.8. The molecule has 156 valence electrons. The van der Waals surface area contributed by atoms with Crippen molar-refractivity contribution in [1.82, 2.24) is 9.47 Å². The summed E-state index contributed by atoms with van der Waals surface area (Å²) in [5, 5.41) is 11.3. The first-order chi connectivity index (χ1) is 16.1. The lowest BCUT2D eigenvalue weighted by molar-refractivity contribution is 0.0693. The second kappa shape index (κ2) is 6.91. The maximum Gasteiger partial charge on any atom is 0.263 e. The standard InChI is InChI=1S/C28H17N3O2/c1-30-27(32)21-8-5-11-24(26(21)28(30)33)31-22-9-3-2-6-20(22)25-19(7-4-10-23(25)31)18-14-12-17(16-29)13-15-18/h2-15H,1H3. The molecule has 0 N–H and O–H groups in total. The van der Waals surface area contributed by atoms with Crippen LogP contribution in [-0.2, 0) is 0 Å². The average molecular weight is 427 g/mol. The van der Waals surface area contributed by atoms with Gasteiger partial charge in [-0.3, -0.25) is 14.5 Å². The van der Waals surface area contributed by atoms with Crippen LogP contribution in [0.5, 0.6) is 0 Å². The Morgan fingerprint density at radius 3 is 2.21 bits per heavy atom. The molecular weight excluding hydrogens is 410 g/mol. The van der Waals surface area contributed by atoms with Gasteiger partial charge in [0.25, 0.3) is 11.8 Å². The molecule has 0 spiro atoms. The Morgan fingerprint density at radius 2 is 1.42 bits per heavy atom. The smallest absolute Gasteiger partial charge is 0.263 e. The van der Waals surface area contributed by atoms with Gasteiger partial charge in [-0.25, -0.2) is 0 Å². The van der Waals surface area contributed by atoms with E-state index in [4.69, 9.17) is 5.26 Å². The van der Waals surface area contributed by atoms with Crippen LogP contribution in [-0.4, -0.2) is 28.3 Å². The number of para-hydroxylation sites is 1. The fraction of sp³-hybridized carbons (Fsp3) is 0.0357. The summed E-state index contributed by atoms with van der Waals surface area (Å²) in [6.07, 6.45) is 0. The third-order valence-electron chi connectivity index (χ3n) is 6.36. The Bertz CT molecular complexity index is 1670. The van der Waals surface area contributed by atoms with E-state index in [0.29, 0.717) is 22.4 Å². The second-order valence-corrected chi connectivity index (χ2v) is 8.11. The number of fused-ring (bicyclic) bond motifs is 4. The van der Waals surface area contributed by atoms with Gasteiger partial charge in [-0.05, 0) is 47.5 Å². The minimum Gasteiger partial charge on any atom is -0.308 e. The number of nitrogens with zero attached hydrogens (tertiary/aromatic N) is 3. The van der Waals surface area contributed by atoms with E-state index in [1.807, 2.05) is 66.7 Å². The second-order valence-electron chi connectivity index (χ2n) is 8.11. The molecule has 0 aliphatic carbocycles. The Balaban J connectivity index is 1.72. The summed E-state index contributed by atoms with van der Waals surface area (Å²) in [5.74, 6) is -0.573. The first kappa shape index (κ1) is 19.0. The van der Waals surface area contributed by atoms with E-state index < -0.39 is 0 Å². The molecule has 0 bridgehead atoms. The Labute approximate surface area is 189 Å². The topological polar surface area (TPSA) is 66.1 Å². The number of hydrogen-bond acceptors (Lipinski definition) is 3. The first-order valence-corrected chi connectivity index (χ1v) is 10.6. The lowest BCUT2D eigenvalue weighted by Crippen LogP contribution is -2.24. The fourth-order valence-corrected chi connectivity index (χ4v) is 4.81. The molecule has 2 heterocycles. The molecular formula is C28H17N3O2. The van der Waals surface area contributed by atoms with E-state index in [0.717, 1.165) is 32.9 Å². The highest BCUT2D eigenvalue weighted by molar-refractivity contribution is 6.24. The van der Waals surface area contributed by atoms with Crippen LogP contribution < -0.4 is 0 Å². The summed E-state index contributed by atoms with van der Waals surface area (Å²) >= 11 is 0. The maximum absolute atomic E-state index is 13.0. The zero-order valence-corrected chi connectivity index (χ0v) is 17.7. The molecule has 5 aromatic rings. The van der Waals surface area contributed by atoms with Crippen LogP contribution in [0.3, 0.4) is 0 Å². The number of benzene rings is 4. The van der Waals surface area contributed by atoms with Crippen molar-refractivity contribution in [2.45, 2.75) is 0 Å². The molecule has 5 heteroatoms. The normalized spacial score (nSPS) is 13.0. The van der Waals surface area contributed by atoms with Gasteiger partial charge in [0.2, 0.25) is 0 Å². The Hall–Kier alpha value is -4.69. The van der Waals surface area contributed by atoms with Gasteiger partial charge in [-0.1, -0.05) is 48.5 Å². The van der Waals surface area contributed by atoms with Gasteiger partial charge in [0.15, 0.2) is 0 Å². The van der Waals surface area contributed by atoms with Crippen molar-refractivity contribution in [1.29, 1.82) is 5.26 Å². The lowest BCUT2D eigenvalue weighted by Gasteiger charge is -2.12. The predicted octanol–water partition coefficient (Wildman–Crippen LogP) is 5.55. The van der Waals surface area contributed by atoms with E-state index >= 15 is 0 Å². The van der Waals surface area contributed by atoms with Gasteiger partial charge in [0, 0.05) is 17.8 Å². The third kappa shape index (κ3) is 2.58. The van der Waals surface area contributed by atoms with Gasteiger partial charge >= 0.3 is 0 Å². The molecule has 0 atom stereocenters. The quantitative estimate of drug-likeness (QED) is 0.347. The van der Waals surface area contributed by atoms with Crippen LogP contribution in [0.25, 0.3) is 38.6 Å². The Morgan fingerprint density at radius 1 is 0.727 bits per heavy atom. The highest BCUT2D eigenvalue weighted by Crippen LogP contribution is 2.40. The van der Waals surface area contributed by atoms with Crippen LogP contribution >= 0.6 is 0 Å². The van der Waals surface area contributed by atoms with Gasteiger partial charge in [-0.15, -0.1) is 0 Å². The molecule has 0 unspecified atom stereocenters. The molecule has 1 aliphatic rings. The largest absolute Gasteiger partial charge is 0.308 e. The fourth-order valence-electron chi connectivity index (χ4n) is 4.81. The number of hydrogen-bond donors (Lipinski definition) is 0. The monoisotopic (exact) mass is 427 g/mol. The van der Waals surface area contributed by atoms with E-state index in [9.17, 15) is 9.59 Å². The molecule has 0 saturated heterocycles. The molecule has 5 nitrogen and oxygen atoms in total. The van der Waals surface area contributed by atoms with Crippen molar-refractivity contribution in [3.05, 3.63) is 102 Å². The van der Waals surface area contributed by atoms with E-state index in [1.54, 1.807) is 6.07 Å². The lowest BCUT2D eigenvalue weighted by atomic mass is 9.98. The van der Waals surface area contributed by atoms with Gasteiger partial charge in [-0.2, -0.15) is 5.26 Å². The number of amides is 2. The van der Waals surface area contributed by atoms with Crippen molar-refractivity contribution < 1.29 is 9.59 Å². The molecule has 6 rings (SSSR count). The summed E-state index contributed by atoms with van der Waals surface area (Å²) in [5.41, 5.74) is 6.10. The summed E-state index contributed by atoms with van der Waals surface area (Å²) < 4.78 is 2.07. The number of rotatable bonds is 2. The van der Waals surface area contributed by atoms with Crippen molar-refractivity contribution in [3.63, 3.8) is 0 Å². The number of nitriles is 1. The number of aromatic nitrogens is 1. The molecule has 2 amide bonds. The number of imide groups is 1. The Kier molecular flexibility index (Phi) is 3.98. The first-order valence-electron chi connectivity index (χ1n) is 10.6. The van der Waals surface area contributed by atoms with Crippen molar-refractivity contribution >= 4 is 33.6 Å². The third-order valence-corrected chi connectivity index (χ3v) is 6.36. The van der Waals surface area contributed by atoms with Crippen LogP contribution in [0, 0.1) is 11.3 Å². The molecule has 33 heavy (non-hydrogen) atoms. The van der Waals surface area contributed by atoms with E-state index in [1.165, 1.54) is 11.9 Å². The summed E-state index contributed by atoms with van der Waals surface area (Å²) in [6.45, 7) is 0. The van der Waals surface area contributed by atoms with Gasteiger partial charge < -0.3 is 4.57 Å². The molecule has 1 aliphatic heterocycles. The number of carbonyl (C=O) groups is 2. The minimum atomic E-state index is -0.292. The molecule has 4 aromatic carbocycles.